The van der Waals surface area contributed by atoms with Crippen LogP contribution in [-0.2, 0) is 0 Å². The van der Waals surface area contributed by atoms with Crippen LogP contribution in [0, 0.1) is 0 Å². The SMILES string of the molecule is CC(C)c1cc(N2CCN(C(=O)c3ccoc3)CC2)nc2nncn12. The highest BCUT2D eigenvalue weighted by Gasteiger charge is 2.24. The molecular weight excluding hydrogens is 320 g/mol. The Morgan fingerprint density at radius 3 is 2.72 bits per heavy atom. The second-order valence-electron chi connectivity index (χ2n) is 6.49. The van der Waals surface area contributed by atoms with Crippen LogP contribution in [0.25, 0.3) is 5.78 Å². The summed E-state index contributed by atoms with van der Waals surface area (Å²) in [6, 6.07) is 3.79. The molecule has 0 aliphatic carbocycles. The van der Waals surface area contributed by atoms with Crippen LogP contribution in [0.3, 0.4) is 0 Å². The number of furan rings is 1. The lowest BCUT2D eigenvalue weighted by atomic mass is 10.1. The summed E-state index contributed by atoms with van der Waals surface area (Å²) < 4.78 is 6.93. The van der Waals surface area contributed by atoms with Gasteiger partial charge in [-0.15, -0.1) is 10.2 Å². The molecule has 1 saturated heterocycles. The molecule has 0 atom stereocenters. The lowest BCUT2D eigenvalue weighted by Gasteiger charge is -2.35. The number of carbonyl (C=O) groups excluding carboxylic acids is 1. The normalized spacial score (nSPS) is 15.3. The Labute approximate surface area is 145 Å². The van der Waals surface area contributed by atoms with E-state index in [4.69, 9.17) is 4.42 Å². The van der Waals surface area contributed by atoms with Gasteiger partial charge in [-0.05, 0) is 12.0 Å². The highest BCUT2D eigenvalue weighted by molar-refractivity contribution is 5.94. The standard InChI is InChI=1S/C17H20N6O2/c1-12(2)14-9-15(19-17-20-18-11-23(14)17)21-4-6-22(7-5-21)16(24)13-3-8-25-10-13/h3,8-12H,4-7H2,1-2H3. The second-order valence-corrected chi connectivity index (χ2v) is 6.49. The molecule has 0 saturated carbocycles. The van der Waals surface area contributed by atoms with E-state index in [0.717, 1.165) is 24.6 Å². The van der Waals surface area contributed by atoms with Crippen LogP contribution in [0.2, 0.25) is 0 Å². The van der Waals surface area contributed by atoms with Crippen molar-refractivity contribution in [1.82, 2.24) is 24.5 Å². The lowest BCUT2D eigenvalue weighted by molar-refractivity contribution is 0.0746. The first-order valence-corrected chi connectivity index (χ1v) is 8.40. The molecule has 0 aromatic carbocycles. The summed E-state index contributed by atoms with van der Waals surface area (Å²) >= 11 is 0. The Bertz CT molecular complexity index is 878. The van der Waals surface area contributed by atoms with E-state index in [1.807, 2.05) is 9.30 Å². The third-order valence-corrected chi connectivity index (χ3v) is 4.55. The molecule has 3 aromatic heterocycles. The zero-order valence-electron chi connectivity index (χ0n) is 14.3. The largest absolute Gasteiger partial charge is 0.472 e. The Kier molecular flexibility index (Phi) is 3.87. The topological polar surface area (TPSA) is 79.8 Å². The number of amides is 1. The summed E-state index contributed by atoms with van der Waals surface area (Å²) in [5.41, 5.74) is 1.72. The molecule has 1 fully saturated rings. The monoisotopic (exact) mass is 340 g/mol. The maximum Gasteiger partial charge on any atom is 0.257 e. The number of aromatic nitrogens is 4. The summed E-state index contributed by atoms with van der Waals surface area (Å²) in [5, 5.41) is 8.06. The Morgan fingerprint density at radius 2 is 2.04 bits per heavy atom. The van der Waals surface area contributed by atoms with Gasteiger partial charge in [0.15, 0.2) is 0 Å². The summed E-state index contributed by atoms with van der Waals surface area (Å²) in [7, 11) is 0. The molecule has 4 rings (SSSR count). The number of fused-ring (bicyclic) bond motifs is 1. The molecule has 0 radical (unpaired) electrons. The second kappa shape index (κ2) is 6.19. The molecule has 1 aliphatic heterocycles. The molecule has 8 nitrogen and oxygen atoms in total. The molecule has 4 heterocycles. The number of hydrogen-bond donors (Lipinski definition) is 0. The third-order valence-electron chi connectivity index (χ3n) is 4.55. The van der Waals surface area contributed by atoms with Gasteiger partial charge in [0.05, 0.1) is 11.8 Å². The van der Waals surface area contributed by atoms with Crippen molar-refractivity contribution in [2.45, 2.75) is 19.8 Å². The molecule has 1 amide bonds. The van der Waals surface area contributed by atoms with Crippen molar-refractivity contribution in [3.63, 3.8) is 0 Å². The molecule has 0 bridgehead atoms. The van der Waals surface area contributed by atoms with E-state index in [1.165, 1.54) is 12.5 Å². The van der Waals surface area contributed by atoms with Gasteiger partial charge in [0, 0.05) is 37.9 Å². The minimum atomic E-state index is 0.0112. The third kappa shape index (κ3) is 2.84. The lowest BCUT2D eigenvalue weighted by Crippen LogP contribution is -2.49. The molecular formula is C17H20N6O2. The van der Waals surface area contributed by atoms with Crippen molar-refractivity contribution in [2.75, 3.05) is 31.1 Å². The van der Waals surface area contributed by atoms with Crippen LogP contribution in [-0.4, -0.2) is 56.6 Å². The maximum absolute atomic E-state index is 12.4. The minimum absolute atomic E-state index is 0.0112. The van der Waals surface area contributed by atoms with Crippen LogP contribution in [0.4, 0.5) is 5.82 Å². The highest BCUT2D eigenvalue weighted by atomic mass is 16.3. The fourth-order valence-electron chi connectivity index (χ4n) is 3.14. The minimum Gasteiger partial charge on any atom is -0.472 e. The van der Waals surface area contributed by atoms with Gasteiger partial charge in [-0.25, -0.2) is 0 Å². The van der Waals surface area contributed by atoms with Gasteiger partial charge in [-0.3, -0.25) is 9.20 Å². The molecule has 0 N–H and O–H groups in total. The molecule has 130 valence electrons. The summed E-state index contributed by atoms with van der Waals surface area (Å²) in [6.07, 6.45) is 4.71. The van der Waals surface area contributed by atoms with E-state index in [-0.39, 0.29) is 5.91 Å². The van der Waals surface area contributed by atoms with Crippen LogP contribution in [0.5, 0.6) is 0 Å². The average molecular weight is 340 g/mol. The number of piperazine rings is 1. The van der Waals surface area contributed by atoms with E-state index >= 15 is 0 Å². The number of carbonyl (C=O) groups is 1. The van der Waals surface area contributed by atoms with Gasteiger partial charge in [-0.2, -0.15) is 4.98 Å². The number of anilines is 1. The zero-order valence-corrected chi connectivity index (χ0v) is 14.3. The van der Waals surface area contributed by atoms with Crippen LogP contribution in [0.15, 0.2) is 35.4 Å². The molecule has 1 aliphatic rings. The Morgan fingerprint density at radius 1 is 1.24 bits per heavy atom. The Balaban J connectivity index is 1.53. The van der Waals surface area contributed by atoms with Gasteiger partial charge in [0.1, 0.15) is 18.4 Å². The summed E-state index contributed by atoms with van der Waals surface area (Å²) in [4.78, 5) is 21.1. The number of rotatable bonds is 3. The van der Waals surface area contributed by atoms with Gasteiger partial charge >= 0.3 is 0 Å². The van der Waals surface area contributed by atoms with Crippen molar-refractivity contribution in [3.05, 3.63) is 42.2 Å². The molecule has 8 heteroatoms. The van der Waals surface area contributed by atoms with Gasteiger partial charge in [0.25, 0.3) is 11.7 Å². The van der Waals surface area contributed by atoms with Crippen LogP contribution >= 0.6 is 0 Å². The molecule has 3 aromatic rings. The molecule has 0 unspecified atom stereocenters. The Hall–Kier alpha value is -2.90. The maximum atomic E-state index is 12.4. The van der Waals surface area contributed by atoms with Crippen LogP contribution in [0.1, 0.15) is 35.8 Å². The fourth-order valence-corrected chi connectivity index (χ4v) is 3.14. The van der Waals surface area contributed by atoms with Crippen molar-refractivity contribution >= 4 is 17.5 Å². The smallest absolute Gasteiger partial charge is 0.257 e. The van der Waals surface area contributed by atoms with E-state index < -0.39 is 0 Å². The summed E-state index contributed by atoms with van der Waals surface area (Å²) in [5.74, 6) is 1.85. The van der Waals surface area contributed by atoms with Gasteiger partial charge in [0.2, 0.25) is 0 Å². The molecule has 0 spiro atoms. The van der Waals surface area contributed by atoms with Gasteiger partial charge in [-0.1, -0.05) is 13.8 Å². The predicted molar refractivity (Wildman–Crippen MR) is 91.7 cm³/mol. The summed E-state index contributed by atoms with van der Waals surface area (Å²) in [6.45, 7) is 7.05. The van der Waals surface area contributed by atoms with Crippen molar-refractivity contribution in [3.8, 4) is 0 Å². The average Bonchev–Trinajstić information content (AvgIpc) is 3.31. The van der Waals surface area contributed by atoms with Crippen LogP contribution < -0.4 is 4.90 Å². The first-order chi connectivity index (χ1) is 12.1. The van der Waals surface area contributed by atoms with E-state index in [2.05, 4.69) is 40.0 Å². The quantitative estimate of drug-likeness (QED) is 0.723. The number of nitrogens with zero attached hydrogens (tertiary/aromatic N) is 6. The van der Waals surface area contributed by atoms with E-state index in [0.29, 0.717) is 30.3 Å². The first-order valence-electron chi connectivity index (χ1n) is 8.40. The first kappa shape index (κ1) is 15.6. The zero-order chi connectivity index (χ0) is 17.4. The predicted octanol–water partition coefficient (Wildman–Crippen LogP) is 1.80. The van der Waals surface area contributed by atoms with E-state index in [1.54, 1.807) is 12.4 Å². The van der Waals surface area contributed by atoms with Crippen molar-refractivity contribution < 1.29 is 9.21 Å². The van der Waals surface area contributed by atoms with Crippen molar-refractivity contribution in [2.24, 2.45) is 0 Å². The van der Waals surface area contributed by atoms with Gasteiger partial charge < -0.3 is 14.2 Å². The highest BCUT2D eigenvalue weighted by Crippen LogP contribution is 2.22. The van der Waals surface area contributed by atoms with Crippen molar-refractivity contribution in [1.29, 1.82) is 0 Å². The molecule has 25 heavy (non-hydrogen) atoms. The fraction of sp³-hybridized carbons (Fsp3) is 0.412. The van der Waals surface area contributed by atoms with E-state index in [9.17, 15) is 4.79 Å². The number of hydrogen-bond acceptors (Lipinski definition) is 6.